The summed E-state index contributed by atoms with van der Waals surface area (Å²) in [4.78, 5) is 0. The summed E-state index contributed by atoms with van der Waals surface area (Å²) >= 11 is 0. The lowest BCUT2D eigenvalue weighted by Gasteiger charge is -2.03. The van der Waals surface area contributed by atoms with Crippen molar-refractivity contribution in [2.24, 2.45) is 0 Å². The summed E-state index contributed by atoms with van der Waals surface area (Å²) in [5.41, 5.74) is 1.26. The molecule has 1 aromatic heterocycles. The van der Waals surface area contributed by atoms with Crippen LogP contribution in [0.1, 0.15) is 69.7 Å². The minimum atomic E-state index is 0. The third-order valence-electron chi connectivity index (χ3n) is 5.09. The Balaban J connectivity index is 0.00000338. The summed E-state index contributed by atoms with van der Waals surface area (Å²) in [6.45, 7) is 6.60. The first-order chi connectivity index (χ1) is 12.2. The number of aryl methyl sites for hydroxylation is 3. The van der Waals surface area contributed by atoms with Crippen molar-refractivity contribution in [1.82, 2.24) is 4.57 Å². The standard InChI is InChI=1S/C22H34N2O.BrH/c1-3-4-5-6-7-8-9-10-16-23-18-19-24(20(23)2)17-15-21-11-13-22(25)14-12-21;/h11-14,18-19H,3-10,15-17H2,1-2H3;1H. The summed E-state index contributed by atoms with van der Waals surface area (Å²) in [5, 5.41) is 9.36. The molecule has 2 rings (SSSR count). The van der Waals surface area contributed by atoms with Crippen molar-refractivity contribution in [3.63, 3.8) is 0 Å². The Morgan fingerprint density at radius 3 is 2.19 bits per heavy atom. The van der Waals surface area contributed by atoms with Gasteiger partial charge < -0.3 is 22.1 Å². The fraction of sp³-hybridized carbons (Fsp3) is 0.591. The van der Waals surface area contributed by atoms with Gasteiger partial charge in [-0.05, 0) is 30.5 Å². The second-order valence-corrected chi connectivity index (χ2v) is 7.12. The number of halogens is 1. The number of imidazole rings is 1. The first kappa shape index (κ1) is 22.8. The molecule has 0 atom stereocenters. The molecule has 0 aliphatic rings. The molecule has 1 N–H and O–H groups in total. The van der Waals surface area contributed by atoms with E-state index in [1.807, 2.05) is 12.1 Å². The first-order valence-corrected chi connectivity index (χ1v) is 10.0. The summed E-state index contributed by atoms with van der Waals surface area (Å²) < 4.78 is 4.71. The van der Waals surface area contributed by atoms with Crippen molar-refractivity contribution in [3.8, 4) is 5.75 Å². The Morgan fingerprint density at radius 1 is 0.923 bits per heavy atom. The van der Waals surface area contributed by atoms with E-state index in [4.69, 9.17) is 0 Å². The van der Waals surface area contributed by atoms with E-state index < -0.39 is 0 Å². The first-order valence-electron chi connectivity index (χ1n) is 10.0. The Bertz CT molecular complexity index is 607. The maximum atomic E-state index is 9.36. The number of nitrogens with zero attached hydrogens (tertiary/aromatic N) is 2. The molecule has 0 aliphatic heterocycles. The summed E-state index contributed by atoms with van der Waals surface area (Å²) in [6, 6.07) is 7.53. The van der Waals surface area contributed by atoms with Crippen LogP contribution >= 0.6 is 0 Å². The van der Waals surface area contributed by atoms with Crippen LogP contribution in [0.4, 0.5) is 0 Å². The van der Waals surface area contributed by atoms with Gasteiger partial charge in [0.05, 0.1) is 13.1 Å². The van der Waals surface area contributed by atoms with Crippen LogP contribution in [0.15, 0.2) is 36.7 Å². The molecule has 0 spiro atoms. The number of phenols is 1. The molecule has 0 saturated carbocycles. The quantitative estimate of drug-likeness (QED) is 0.412. The zero-order valence-electron chi connectivity index (χ0n) is 16.5. The number of aromatic nitrogens is 2. The number of aromatic hydroxyl groups is 1. The highest BCUT2D eigenvalue weighted by Crippen LogP contribution is 2.11. The minimum Gasteiger partial charge on any atom is -1.00 e. The summed E-state index contributed by atoms with van der Waals surface area (Å²) in [5.74, 6) is 1.67. The lowest BCUT2D eigenvalue weighted by molar-refractivity contribution is -0.702. The Labute approximate surface area is 169 Å². The highest BCUT2D eigenvalue weighted by molar-refractivity contribution is 5.25. The number of phenolic OH excluding ortho intramolecular Hbond substituents is 1. The van der Waals surface area contributed by atoms with E-state index in [-0.39, 0.29) is 17.0 Å². The molecule has 0 bridgehead atoms. The van der Waals surface area contributed by atoms with Gasteiger partial charge in [0, 0.05) is 13.3 Å². The van der Waals surface area contributed by atoms with Crippen LogP contribution in [0.3, 0.4) is 0 Å². The fourth-order valence-corrected chi connectivity index (χ4v) is 3.34. The van der Waals surface area contributed by atoms with Crippen molar-refractivity contribution >= 4 is 0 Å². The fourth-order valence-electron chi connectivity index (χ4n) is 3.34. The van der Waals surface area contributed by atoms with Gasteiger partial charge in [-0.25, -0.2) is 9.13 Å². The predicted octanol–water partition coefficient (Wildman–Crippen LogP) is 2.18. The van der Waals surface area contributed by atoms with E-state index in [0.29, 0.717) is 5.75 Å². The predicted molar refractivity (Wildman–Crippen MR) is 104 cm³/mol. The van der Waals surface area contributed by atoms with Crippen LogP contribution in [0.5, 0.6) is 5.75 Å². The molecule has 1 heterocycles. The van der Waals surface area contributed by atoms with E-state index in [2.05, 4.69) is 35.4 Å². The van der Waals surface area contributed by atoms with Gasteiger partial charge in [0.25, 0.3) is 5.82 Å². The molecule has 26 heavy (non-hydrogen) atoms. The zero-order valence-corrected chi connectivity index (χ0v) is 18.0. The maximum Gasteiger partial charge on any atom is 0.253 e. The molecular formula is C22H35BrN2O. The van der Waals surface area contributed by atoms with Crippen molar-refractivity contribution < 1.29 is 26.7 Å². The number of rotatable bonds is 12. The van der Waals surface area contributed by atoms with E-state index in [9.17, 15) is 5.11 Å². The molecule has 0 unspecified atom stereocenters. The van der Waals surface area contributed by atoms with Crippen LogP contribution in [0, 0.1) is 6.92 Å². The van der Waals surface area contributed by atoms with Crippen LogP contribution < -0.4 is 21.5 Å². The molecule has 1 aromatic carbocycles. The number of benzene rings is 1. The van der Waals surface area contributed by atoms with Crippen LogP contribution in [-0.4, -0.2) is 9.67 Å². The monoisotopic (exact) mass is 422 g/mol. The van der Waals surface area contributed by atoms with Crippen molar-refractivity contribution in [3.05, 3.63) is 48.0 Å². The number of unbranched alkanes of at least 4 members (excludes halogenated alkanes) is 7. The molecule has 0 amide bonds. The second-order valence-electron chi connectivity index (χ2n) is 7.12. The van der Waals surface area contributed by atoms with Gasteiger partial charge >= 0.3 is 0 Å². The Hall–Kier alpha value is -1.29. The smallest absolute Gasteiger partial charge is 0.253 e. The zero-order chi connectivity index (χ0) is 17.9. The van der Waals surface area contributed by atoms with Gasteiger partial charge in [0.1, 0.15) is 18.1 Å². The molecule has 0 radical (unpaired) electrons. The van der Waals surface area contributed by atoms with Gasteiger partial charge in [-0.3, -0.25) is 0 Å². The average Bonchev–Trinajstić information content (AvgIpc) is 2.97. The van der Waals surface area contributed by atoms with Crippen LogP contribution in [-0.2, 0) is 19.5 Å². The second kappa shape index (κ2) is 13.0. The topological polar surface area (TPSA) is 29.0 Å². The molecule has 4 heteroatoms. The third kappa shape index (κ3) is 7.94. The normalized spacial score (nSPS) is 10.7. The van der Waals surface area contributed by atoms with Gasteiger partial charge in [-0.15, -0.1) is 0 Å². The molecule has 3 nitrogen and oxygen atoms in total. The SMILES string of the molecule is CCCCCCCCCC[n+]1ccn(CCc2ccc(O)cc2)c1C.[Br-]. The third-order valence-corrected chi connectivity index (χ3v) is 5.09. The molecular weight excluding hydrogens is 388 g/mol. The van der Waals surface area contributed by atoms with Gasteiger partial charge in [-0.2, -0.15) is 0 Å². The lowest BCUT2D eigenvalue weighted by atomic mass is 10.1. The van der Waals surface area contributed by atoms with Crippen molar-refractivity contribution in [2.45, 2.75) is 84.7 Å². The lowest BCUT2D eigenvalue weighted by Crippen LogP contribution is -3.00. The number of hydrogen-bond donors (Lipinski definition) is 1. The van der Waals surface area contributed by atoms with E-state index >= 15 is 0 Å². The summed E-state index contributed by atoms with van der Waals surface area (Å²) in [6.07, 6.45) is 16.4. The van der Waals surface area contributed by atoms with Crippen LogP contribution in [0.2, 0.25) is 0 Å². The molecule has 0 aliphatic carbocycles. The highest BCUT2D eigenvalue weighted by Gasteiger charge is 2.11. The van der Waals surface area contributed by atoms with Gasteiger partial charge in [0.15, 0.2) is 0 Å². The minimum absolute atomic E-state index is 0. The maximum absolute atomic E-state index is 9.36. The molecule has 0 fully saturated rings. The Morgan fingerprint density at radius 2 is 1.54 bits per heavy atom. The summed E-state index contributed by atoms with van der Waals surface area (Å²) in [7, 11) is 0. The van der Waals surface area contributed by atoms with E-state index in [1.165, 1.54) is 62.8 Å². The van der Waals surface area contributed by atoms with Crippen molar-refractivity contribution in [2.75, 3.05) is 0 Å². The average molecular weight is 423 g/mol. The van der Waals surface area contributed by atoms with Crippen LogP contribution in [0.25, 0.3) is 0 Å². The van der Waals surface area contributed by atoms with E-state index in [0.717, 1.165) is 19.5 Å². The highest BCUT2D eigenvalue weighted by atomic mass is 79.9. The largest absolute Gasteiger partial charge is 1.00 e. The van der Waals surface area contributed by atoms with Gasteiger partial charge in [0.2, 0.25) is 0 Å². The van der Waals surface area contributed by atoms with Gasteiger partial charge in [-0.1, -0.05) is 57.6 Å². The molecule has 2 aromatic rings. The Kier molecular flexibility index (Phi) is 11.3. The van der Waals surface area contributed by atoms with E-state index in [1.54, 1.807) is 12.1 Å². The molecule has 146 valence electrons. The molecule has 0 saturated heterocycles. The van der Waals surface area contributed by atoms with Crippen molar-refractivity contribution in [1.29, 1.82) is 0 Å². The number of hydrogen-bond acceptors (Lipinski definition) is 1.